The zero-order chi connectivity index (χ0) is 76.2. The fraction of sp³-hybridized carbons (Fsp3) is 0.948. The second kappa shape index (κ2) is 37.1. The smallest absolute Gasteiger partial charge is 0.217 e. The van der Waals surface area contributed by atoms with E-state index in [1.165, 1.54) is 20.8 Å². The summed E-state index contributed by atoms with van der Waals surface area (Å²) in [5.74, 6) is -2.03. The number of nitrogens with one attached hydrogen (secondary N) is 2. The van der Waals surface area contributed by atoms with Crippen molar-refractivity contribution in [1.29, 1.82) is 0 Å². The molecule has 598 valence electrons. The summed E-state index contributed by atoms with van der Waals surface area (Å²) in [5.41, 5.74) is 0. The summed E-state index contributed by atoms with van der Waals surface area (Å²) < 4.78 is 96.0. The third-order valence-corrected chi connectivity index (χ3v) is 19.0. The first-order valence-electron chi connectivity index (χ1n) is 33.0. The van der Waals surface area contributed by atoms with Crippen LogP contribution < -0.4 is 10.6 Å². The molecule has 0 aromatic rings. The number of rotatable bonds is 28. The molecule has 26 N–H and O–H groups in total. The second-order valence-electron chi connectivity index (χ2n) is 26.2. The molecule has 44 atom stereocenters. The first-order valence-corrected chi connectivity index (χ1v) is 33.0. The molecule has 0 aromatic carbocycles. The van der Waals surface area contributed by atoms with E-state index in [4.69, 9.17) is 75.8 Å². The third-order valence-electron chi connectivity index (χ3n) is 19.0. The Balaban J connectivity index is 1.17. The van der Waals surface area contributed by atoms with E-state index in [2.05, 4.69) is 10.6 Å². The van der Waals surface area contributed by atoms with Gasteiger partial charge in [0.25, 0.3) is 0 Å². The van der Waals surface area contributed by atoms with Crippen molar-refractivity contribution >= 4 is 18.1 Å². The molecule has 8 saturated heterocycles. The number of ether oxygens (including phenoxy) is 16. The minimum Gasteiger partial charge on any atom is -0.394 e. The van der Waals surface area contributed by atoms with Crippen molar-refractivity contribution in [3.05, 3.63) is 0 Å². The Morgan fingerprint density at radius 2 is 0.660 bits per heavy atom. The van der Waals surface area contributed by atoms with E-state index < -0.39 is 321 Å². The van der Waals surface area contributed by atoms with Gasteiger partial charge in [0.2, 0.25) is 11.8 Å². The summed E-state index contributed by atoms with van der Waals surface area (Å²) in [7, 11) is 0. The Hall–Kier alpha value is -2.99. The molecular weight excluding hydrogens is 1410 g/mol. The van der Waals surface area contributed by atoms with Gasteiger partial charge in [0.15, 0.2) is 56.6 Å². The van der Waals surface area contributed by atoms with Gasteiger partial charge in [-0.2, -0.15) is 0 Å². The van der Waals surface area contributed by atoms with Gasteiger partial charge in [-0.3, -0.25) is 9.59 Å². The van der Waals surface area contributed by atoms with Crippen LogP contribution in [0.4, 0.5) is 0 Å². The molecule has 0 saturated carbocycles. The van der Waals surface area contributed by atoms with E-state index >= 15 is 0 Å². The predicted molar refractivity (Wildman–Crippen MR) is 317 cm³/mol. The van der Waals surface area contributed by atoms with Crippen LogP contribution in [0.25, 0.3) is 0 Å². The molecule has 8 rings (SSSR count). The van der Waals surface area contributed by atoms with E-state index in [1.54, 1.807) is 0 Å². The van der Waals surface area contributed by atoms with Crippen molar-refractivity contribution in [3.63, 3.8) is 0 Å². The first-order chi connectivity index (χ1) is 48.6. The van der Waals surface area contributed by atoms with Crippen LogP contribution in [0.2, 0.25) is 0 Å². The number of hydrogen-bond donors (Lipinski definition) is 26. The molecule has 8 fully saturated rings. The summed E-state index contributed by atoms with van der Waals surface area (Å²) >= 11 is 0. The third kappa shape index (κ3) is 18.7. The number of hydrogen-bond acceptors (Lipinski definition) is 43. The topological polar surface area (TPSA) is 708 Å². The van der Waals surface area contributed by atoms with Crippen LogP contribution in [0.3, 0.4) is 0 Å². The van der Waals surface area contributed by atoms with E-state index in [0.717, 1.165) is 13.8 Å². The monoisotopic (exact) mass is 1510 g/mol. The first kappa shape index (κ1) is 85.6. The van der Waals surface area contributed by atoms with Crippen molar-refractivity contribution in [1.82, 2.24) is 10.6 Å². The van der Waals surface area contributed by atoms with Gasteiger partial charge in [-0.25, -0.2) is 0 Å². The van der Waals surface area contributed by atoms with Crippen LogP contribution in [0.5, 0.6) is 0 Å². The van der Waals surface area contributed by atoms with Gasteiger partial charge in [-0.1, -0.05) is 0 Å². The Morgan fingerprint density at radius 3 is 1.03 bits per heavy atom. The lowest BCUT2D eigenvalue weighted by atomic mass is 9.93. The highest BCUT2D eigenvalue weighted by molar-refractivity contribution is 5.73. The summed E-state index contributed by atoms with van der Waals surface area (Å²) in [4.78, 5) is 38.4. The molecule has 8 aliphatic heterocycles. The molecular formula is C58H98N2O43. The Bertz CT molecular complexity index is 2640. The number of amides is 2. The number of carbonyl (C=O) groups is 3. The average molecular weight is 1510 g/mol. The van der Waals surface area contributed by atoms with Crippen LogP contribution in [-0.2, 0) is 90.2 Å². The second-order valence-corrected chi connectivity index (χ2v) is 26.2. The Morgan fingerprint density at radius 1 is 0.350 bits per heavy atom. The normalized spacial score (nSPS) is 49.0. The van der Waals surface area contributed by atoms with Gasteiger partial charge in [0.05, 0.1) is 58.0 Å². The van der Waals surface area contributed by atoms with Crippen molar-refractivity contribution in [2.75, 3.05) is 39.6 Å². The largest absolute Gasteiger partial charge is 0.394 e. The molecule has 45 heteroatoms. The van der Waals surface area contributed by atoms with Gasteiger partial charge in [-0.05, 0) is 20.8 Å². The maximum absolute atomic E-state index is 13.6. The molecule has 0 aromatic heterocycles. The van der Waals surface area contributed by atoms with Crippen molar-refractivity contribution in [3.8, 4) is 0 Å². The Labute approximate surface area is 584 Å². The SMILES string of the molecule is CC(=O)NC1C(OC2C(O)C(CO)OC(OC(C(O)CO)C(O)C(O)C=O)C2O)OC(CO)C(OC2OC(CO)C(O)C(OC3OC(CO)C(OC4OC(C)C(O)C(O)C4O)C(OC4OC(CO)C(O)C(O)C4OC4OC(C)C(O)C(O)C4O)C3NC(C)=O)C2O)C1OC1OC(C)C(O)C(O)C1O. The van der Waals surface area contributed by atoms with Crippen LogP contribution in [0.15, 0.2) is 0 Å². The summed E-state index contributed by atoms with van der Waals surface area (Å²) in [6, 6.07) is -4.10. The number of aliphatic hydroxyl groups excluding tert-OH is 24. The summed E-state index contributed by atoms with van der Waals surface area (Å²) in [5, 5.41) is 269. The highest BCUT2D eigenvalue weighted by Crippen LogP contribution is 2.41. The molecule has 0 aliphatic carbocycles. The molecule has 103 heavy (non-hydrogen) atoms. The standard InChI is InChI=1S/C58H98N2O43/c1-13-27(72)34(79)38(83)53(88-13)97-45-24(12-67)95-52(26(60-17(5)69)47(45)100-58-50(37(82)31(76)20(8-63)93-58)103-55-40(85)36(81)29(74)15(3)90-55)102-49-33(78)22(10-65)92-57(42(49)87)98-44-23(11-66)94-51(25(59-16(4)68)46(44)99-54-39(84)35(80)28(73)14(2)89-54)101-48-32(77)21(9-64)91-56(41(48)86)96-43(19(71)7-62)30(75)18(70)6-61/h6,13-15,18-58,62-67,70-87H,7-12H2,1-5H3,(H,59,68)(H,60,69). The van der Waals surface area contributed by atoms with Crippen LogP contribution in [-0.4, -0.2) is 450 Å². The lowest BCUT2D eigenvalue weighted by Crippen LogP contribution is -2.72. The molecule has 44 unspecified atom stereocenters. The highest BCUT2D eigenvalue weighted by Gasteiger charge is 2.61. The van der Waals surface area contributed by atoms with Crippen LogP contribution in [0, 0.1) is 0 Å². The minimum atomic E-state index is -2.51. The average Bonchev–Trinajstić information content (AvgIpc) is 0.760. The zero-order valence-electron chi connectivity index (χ0n) is 55.7. The van der Waals surface area contributed by atoms with Crippen LogP contribution >= 0.6 is 0 Å². The van der Waals surface area contributed by atoms with Gasteiger partial charge in [0, 0.05) is 13.8 Å². The highest BCUT2D eigenvalue weighted by atomic mass is 16.8. The van der Waals surface area contributed by atoms with E-state index in [-0.39, 0.29) is 6.29 Å². The summed E-state index contributed by atoms with van der Waals surface area (Å²) in [6.07, 6.45) is -86.9. The fourth-order valence-corrected chi connectivity index (χ4v) is 13.1. The lowest BCUT2D eigenvalue weighted by molar-refractivity contribution is -0.403. The molecule has 2 amide bonds. The lowest BCUT2D eigenvalue weighted by Gasteiger charge is -2.53. The van der Waals surface area contributed by atoms with Crippen LogP contribution in [0.1, 0.15) is 34.6 Å². The van der Waals surface area contributed by atoms with E-state index in [9.17, 15) is 137 Å². The maximum Gasteiger partial charge on any atom is 0.217 e. The predicted octanol–water partition coefficient (Wildman–Crippen LogP) is -17.4. The molecule has 0 radical (unpaired) electrons. The van der Waals surface area contributed by atoms with Gasteiger partial charge in [0.1, 0.15) is 201 Å². The number of aliphatic hydroxyl groups is 24. The fourth-order valence-electron chi connectivity index (χ4n) is 13.1. The maximum atomic E-state index is 13.6. The quantitative estimate of drug-likeness (QED) is 0.0324. The molecule has 8 heterocycles. The number of aldehydes is 1. The molecule has 0 bridgehead atoms. The van der Waals surface area contributed by atoms with Gasteiger partial charge < -0.3 is 214 Å². The molecule has 8 aliphatic rings. The van der Waals surface area contributed by atoms with Gasteiger partial charge in [-0.15, -0.1) is 0 Å². The summed E-state index contributed by atoms with van der Waals surface area (Å²) in [6.45, 7) is -1.55. The molecule has 45 nitrogen and oxygen atoms in total. The Kier molecular flexibility index (Phi) is 30.9. The van der Waals surface area contributed by atoms with Crippen molar-refractivity contribution in [2.24, 2.45) is 0 Å². The van der Waals surface area contributed by atoms with E-state index in [0.29, 0.717) is 0 Å². The minimum absolute atomic E-state index is 0.173. The zero-order valence-corrected chi connectivity index (χ0v) is 55.7. The van der Waals surface area contributed by atoms with Gasteiger partial charge >= 0.3 is 0 Å². The van der Waals surface area contributed by atoms with E-state index in [1.807, 2.05) is 0 Å². The molecule has 0 spiro atoms. The van der Waals surface area contributed by atoms with Crippen molar-refractivity contribution < 1.29 is 213 Å². The van der Waals surface area contributed by atoms with Crippen molar-refractivity contribution in [2.45, 2.75) is 305 Å². The number of carbonyl (C=O) groups excluding carboxylic acids is 3.